The lowest BCUT2D eigenvalue weighted by atomic mass is 9.92. The van der Waals surface area contributed by atoms with E-state index in [1.165, 1.54) is 5.69 Å². The van der Waals surface area contributed by atoms with E-state index in [2.05, 4.69) is 32.8 Å². The van der Waals surface area contributed by atoms with Crippen LogP contribution in [0.2, 0.25) is 0 Å². The van der Waals surface area contributed by atoms with Gasteiger partial charge >= 0.3 is 0 Å². The molecule has 0 N–H and O–H groups in total. The number of ketones is 1. The number of fused-ring (bicyclic) bond motifs is 1. The van der Waals surface area contributed by atoms with E-state index in [1.807, 2.05) is 18.4 Å². The number of Topliss-reactive ketones (excluding diaryl/α,β-unsaturated/α-hetero) is 1. The molecule has 1 aliphatic rings. The van der Waals surface area contributed by atoms with Crippen LogP contribution in [-0.4, -0.2) is 33.2 Å². The molecule has 1 saturated heterocycles. The van der Waals surface area contributed by atoms with Gasteiger partial charge in [0.05, 0.1) is 16.3 Å². The Morgan fingerprint density at radius 3 is 3.00 bits per heavy atom. The molecule has 3 aromatic rings. The van der Waals surface area contributed by atoms with Crippen LogP contribution in [-0.2, 0) is 6.54 Å². The SMILES string of the molecule is Cc1ccsc1C(=O)C1CCCN(Cc2c(C)nc3sccn23)C1. The molecule has 1 atom stereocenters. The van der Waals surface area contributed by atoms with Gasteiger partial charge in [-0.1, -0.05) is 0 Å². The van der Waals surface area contributed by atoms with Gasteiger partial charge in [-0.05, 0) is 50.2 Å². The second-order valence-electron chi connectivity index (χ2n) is 6.57. The molecular weight excluding hydrogens is 338 g/mol. The monoisotopic (exact) mass is 359 g/mol. The highest BCUT2D eigenvalue weighted by atomic mass is 32.1. The standard InChI is InChI=1S/C18H21N3OS2/c1-12-5-8-23-17(12)16(22)14-4-3-6-20(10-14)11-15-13(2)19-18-21(15)7-9-24-18/h5,7-9,14H,3-4,6,10-11H2,1-2H3. The Bertz CT molecular complexity index is 876. The van der Waals surface area contributed by atoms with Gasteiger partial charge < -0.3 is 0 Å². The fourth-order valence-corrected chi connectivity index (χ4v) is 5.29. The molecule has 4 nitrogen and oxygen atoms in total. The van der Waals surface area contributed by atoms with Crippen molar-refractivity contribution in [2.75, 3.05) is 13.1 Å². The first kappa shape index (κ1) is 16.0. The van der Waals surface area contributed by atoms with Crippen LogP contribution in [0.15, 0.2) is 23.0 Å². The van der Waals surface area contributed by atoms with Crippen molar-refractivity contribution in [1.29, 1.82) is 0 Å². The van der Waals surface area contributed by atoms with Gasteiger partial charge in [0.25, 0.3) is 0 Å². The summed E-state index contributed by atoms with van der Waals surface area (Å²) in [6.45, 7) is 6.90. The van der Waals surface area contributed by atoms with E-state index in [-0.39, 0.29) is 5.92 Å². The number of carbonyl (C=O) groups excluding carboxylic acids is 1. The molecule has 24 heavy (non-hydrogen) atoms. The molecule has 4 heterocycles. The van der Waals surface area contributed by atoms with Crippen molar-refractivity contribution in [3.05, 3.63) is 44.9 Å². The third-order valence-electron chi connectivity index (χ3n) is 4.90. The topological polar surface area (TPSA) is 37.6 Å². The van der Waals surface area contributed by atoms with Crippen molar-refractivity contribution in [2.45, 2.75) is 33.2 Å². The first-order chi connectivity index (χ1) is 11.6. The zero-order valence-corrected chi connectivity index (χ0v) is 15.6. The third kappa shape index (κ3) is 2.83. The molecule has 1 unspecified atom stereocenters. The highest BCUT2D eigenvalue weighted by Crippen LogP contribution is 2.27. The van der Waals surface area contributed by atoms with Crippen LogP contribution < -0.4 is 0 Å². The fourth-order valence-electron chi connectivity index (χ4n) is 3.57. The molecule has 6 heteroatoms. The summed E-state index contributed by atoms with van der Waals surface area (Å²) in [5.41, 5.74) is 3.48. The molecule has 3 aromatic heterocycles. The van der Waals surface area contributed by atoms with Crippen LogP contribution in [0, 0.1) is 19.8 Å². The van der Waals surface area contributed by atoms with Gasteiger partial charge in [-0.2, -0.15) is 0 Å². The lowest BCUT2D eigenvalue weighted by molar-refractivity contribution is 0.0813. The predicted molar refractivity (Wildman–Crippen MR) is 99.2 cm³/mol. The summed E-state index contributed by atoms with van der Waals surface area (Å²) in [4.78, 5) is 21.9. The normalized spacial score (nSPS) is 19.2. The number of imidazole rings is 1. The van der Waals surface area contributed by atoms with Gasteiger partial charge in [0.1, 0.15) is 0 Å². The number of hydrogen-bond acceptors (Lipinski definition) is 5. The van der Waals surface area contributed by atoms with Gasteiger partial charge in [0.2, 0.25) is 0 Å². The molecule has 126 valence electrons. The highest BCUT2D eigenvalue weighted by Gasteiger charge is 2.28. The Kier molecular flexibility index (Phi) is 4.28. The second kappa shape index (κ2) is 6.43. The maximum atomic E-state index is 12.8. The summed E-state index contributed by atoms with van der Waals surface area (Å²) in [5, 5.41) is 4.10. The minimum atomic E-state index is 0.127. The summed E-state index contributed by atoms with van der Waals surface area (Å²) in [7, 11) is 0. The number of hydrogen-bond donors (Lipinski definition) is 0. The van der Waals surface area contributed by atoms with Gasteiger partial charge in [-0.3, -0.25) is 14.1 Å². The Labute approximate surface area is 149 Å². The average molecular weight is 360 g/mol. The summed E-state index contributed by atoms with van der Waals surface area (Å²) in [5.74, 6) is 0.458. The quantitative estimate of drug-likeness (QED) is 0.656. The van der Waals surface area contributed by atoms with Crippen molar-refractivity contribution in [3.63, 3.8) is 0 Å². The molecule has 0 aliphatic carbocycles. The molecule has 1 aliphatic heterocycles. The minimum absolute atomic E-state index is 0.127. The van der Waals surface area contributed by atoms with Crippen LogP contribution in [0.5, 0.6) is 0 Å². The number of piperidine rings is 1. The Morgan fingerprint density at radius 1 is 1.33 bits per heavy atom. The molecule has 0 saturated carbocycles. The van der Waals surface area contributed by atoms with Crippen molar-refractivity contribution >= 4 is 33.4 Å². The van der Waals surface area contributed by atoms with Crippen LogP contribution in [0.3, 0.4) is 0 Å². The van der Waals surface area contributed by atoms with E-state index in [0.717, 1.165) is 53.6 Å². The van der Waals surface area contributed by atoms with Gasteiger partial charge in [-0.15, -0.1) is 22.7 Å². The van der Waals surface area contributed by atoms with E-state index in [1.54, 1.807) is 22.7 Å². The van der Waals surface area contributed by atoms with Gasteiger partial charge in [0.15, 0.2) is 10.7 Å². The van der Waals surface area contributed by atoms with Gasteiger partial charge in [0, 0.05) is 30.6 Å². The smallest absolute Gasteiger partial charge is 0.194 e. The average Bonchev–Trinajstić information content (AvgIpc) is 3.26. The number of rotatable bonds is 4. The number of aryl methyl sites for hydroxylation is 2. The Hall–Kier alpha value is -1.50. The molecule has 0 bridgehead atoms. The van der Waals surface area contributed by atoms with E-state index in [9.17, 15) is 4.79 Å². The zero-order valence-electron chi connectivity index (χ0n) is 14.0. The number of nitrogens with zero attached hydrogens (tertiary/aromatic N) is 3. The zero-order chi connectivity index (χ0) is 16.7. The van der Waals surface area contributed by atoms with E-state index in [0.29, 0.717) is 5.78 Å². The maximum Gasteiger partial charge on any atom is 0.194 e. The third-order valence-corrected chi connectivity index (χ3v) is 6.68. The summed E-state index contributed by atoms with van der Waals surface area (Å²) >= 11 is 3.25. The Morgan fingerprint density at radius 2 is 2.21 bits per heavy atom. The van der Waals surface area contributed by atoms with E-state index >= 15 is 0 Å². The van der Waals surface area contributed by atoms with E-state index in [4.69, 9.17) is 0 Å². The first-order valence-electron chi connectivity index (χ1n) is 8.35. The number of likely N-dealkylation sites (tertiary alicyclic amines) is 1. The van der Waals surface area contributed by atoms with Gasteiger partial charge in [-0.25, -0.2) is 4.98 Å². The highest BCUT2D eigenvalue weighted by molar-refractivity contribution is 7.15. The minimum Gasteiger partial charge on any atom is -0.297 e. The number of thiazole rings is 1. The maximum absolute atomic E-state index is 12.8. The van der Waals surface area contributed by atoms with Crippen LogP contribution in [0.4, 0.5) is 0 Å². The lowest BCUT2D eigenvalue weighted by Gasteiger charge is -2.31. The first-order valence-corrected chi connectivity index (χ1v) is 10.1. The summed E-state index contributed by atoms with van der Waals surface area (Å²) < 4.78 is 2.19. The predicted octanol–water partition coefficient (Wildman–Crippen LogP) is 4.17. The van der Waals surface area contributed by atoms with Crippen LogP contribution in [0.25, 0.3) is 4.96 Å². The fraction of sp³-hybridized carbons (Fsp3) is 0.444. The van der Waals surface area contributed by atoms with E-state index < -0.39 is 0 Å². The molecule has 0 amide bonds. The molecule has 1 fully saturated rings. The number of aromatic nitrogens is 2. The molecular formula is C18H21N3OS2. The summed E-state index contributed by atoms with van der Waals surface area (Å²) in [6, 6.07) is 2.04. The largest absolute Gasteiger partial charge is 0.297 e. The molecule has 4 rings (SSSR count). The summed E-state index contributed by atoms with van der Waals surface area (Å²) in [6.07, 6.45) is 4.19. The van der Waals surface area contributed by atoms with Crippen LogP contribution in [0.1, 0.15) is 39.5 Å². The molecule has 0 radical (unpaired) electrons. The van der Waals surface area contributed by atoms with Crippen molar-refractivity contribution < 1.29 is 4.79 Å². The molecule has 0 aromatic carbocycles. The van der Waals surface area contributed by atoms with Crippen molar-refractivity contribution in [2.24, 2.45) is 5.92 Å². The second-order valence-corrected chi connectivity index (χ2v) is 8.36. The number of thiophene rings is 1. The van der Waals surface area contributed by atoms with Crippen LogP contribution >= 0.6 is 22.7 Å². The Balaban J connectivity index is 1.51. The van der Waals surface area contributed by atoms with Crippen molar-refractivity contribution in [1.82, 2.24) is 14.3 Å². The lowest BCUT2D eigenvalue weighted by Crippen LogP contribution is -2.38. The molecule has 0 spiro atoms. The van der Waals surface area contributed by atoms with Crippen molar-refractivity contribution in [3.8, 4) is 0 Å². The number of carbonyl (C=O) groups is 1.